The van der Waals surface area contributed by atoms with Crippen molar-refractivity contribution in [3.05, 3.63) is 142 Å². The number of rotatable bonds is 5. The van der Waals surface area contributed by atoms with Gasteiger partial charge in [-0.25, -0.2) is 0 Å². The highest BCUT2D eigenvalue weighted by Gasteiger charge is 2.53. The molecule has 12 unspecified atom stereocenters. The number of hydrogen-bond acceptors (Lipinski definition) is 11. The number of allylic oxidation sites excluding steroid dienone is 2. The fourth-order valence-corrected chi connectivity index (χ4v) is 15.5. The Balaban J connectivity index is 1.07. The van der Waals surface area contributed by atoms with Crippen LogP contribution in [0.5, 0.6) is 17.2 Å². The second-order valence-corrected chi connectivity index (χ2v) is 26.2. The molecular weight excluding hydrogens is 1060 g/mol. The number of ether oxygens (including phenoxy) is 1. The van der Waals surface area contributed by atoms with Gasteiger partial charge in [0.2, 0.25) is 0 Å². The molecule has 448 valence electrons. The number of benzene rings is 4. The highest BCUT2D eigenvalue weighted by Crippen LogP contribution is 2.53. The van der Waals surface area contributed by atoms with Gasteiger partial charge in [0.05, 0.1) is 30.7 Å². The van der Waals surface area contributed by atoms with E-state index in [4.69, 9.17) is 4.74 Å². The first-order chi connectivity index (χ1) is 41.2. The summed E-state index contributed by atoms with van der Waals surface area (Å²) in [5, 5.41) is 73.1. The summed E-state index contributed by atoms with van der Waals surface area (Å²) >= 11 is 0. The molecule has 5 aromatic rings. The molecule has 2 aliphatic heterocycles. The van der Waals surface area contributed by atoms with E-state index in [1.165, 1.54) is 7.11 Å². The largest absolute Gasteiger partial charge is 0.507 e. The molecule has 85 heavy (non-hydrogen) atoms. The van der Waals surface area contributed by atoms with E-state index in [1.54, 1.807) is 12.1 Å². The van der Waals surface area contributed by atoms with Crippen LogP contribution < -0.4 is 20.7 Å². The topological polar surface area (TPSA) is 196 Å². The highest BCUT2D eigenvalue weighted by atomic mass is 16.5. The Bertz CT molecular complexity index is 3450. The molecule has 4 aliphatic carbocycles. The van der Waals surface area contributed by atoms with Crippen molar-refractivity contribution in [2.75, 3.05) is 32.1 Å². The van der Waals surface area contributed by atoms with E-state index in [9.17, 15) is 30.3 Å². The zero-order valence-electron chi connectivity index (χ0n) is 50.2. The molecule has 1 aromatic heterocycles. The molecule has 11 bridgehead atoms. The van der Waals surface area contributed by atoms with Crippen molar-refractivity contribution in [1.29, 1.82) is 0 Å². The lowest BCUT2D eigenvalue weighted by Gasteiger charge is -2.49. The molecule has 0 saturated heterocycles. The lowest BCUT2D eigenvalue weighted by atomic mass is 9.56. The molecule has 2 saturated carbocycles. The zero-order chi connectivity index (χ0) is 59.4. The molecule has 6 aliphatic rings. The number of dihydropyridines is 1. The molecule has 0 radical (unpaired) electrons. The van der Waals surface area contributed by atoms with Crippen LogP contribution in [0.4, 0.5) is 5.69 Å². The summed E-state index contributed by atoms with van der Waals surface area (Å²) in [6.45, 7) is 8.12. The number of methoxy groups -OCH3 is 1. The second kappa shape index (κ2) is 26.4. The summed E-state index contributed by atoms with van der Waals surface area (Å²) in [7, 11) is 1.50. The molecule has 9 N–H and O–H groups in total. The predicted molar refractivity (Wildman–Crippen MR) is 335 cm³/mol. The van der Waals surface area contributed by atoms with Crippen LogP contribution in [0.3, 0.4) is 0 Å². The van der Waals surface area contributed by atoms with Gasteiger partial charge in [-0.1, -0.05) is 106 Å². The van der Waals surface area contributed by atoms with Gasteiger partial charge in [0.25, 0.3) is 0 Å². The number of phenols is 2. The van der Waals surface area contributed by atoms with E-state index in [0.29, 0.717) is 62.2 Å². The van der Waals surface area contributed by atoms with Gasteiger partial charge < -0.3 is 51.2 Å². The van der Waals surface area contributed by atoms with Crippen LogP contribution >= 0.6 is 0 Å². The lowest BCUT2D eigenvalue weighted by molar-refractivity contribution is -0.142. The van der Waals surface area contributed by atoms with Gasteiger partial charge in [-0.3, -0.25) is 9.59 Å². The molecule has 12 atom stereocenters. The number of nitrogens with one attached hydrogen (secondary N) is 4. The number of aromatic amines is 1. The number of β-amino-alcohol motifs (C(OH)–C–C–N with tert-alkyl or cyclic N) is 1. The minimum atomic E-state index is -1.86. The SMILES string of the molecule is COc1cc2c(cc1O)C(c1ccccc1CCC(C)C)C#CC1CC3CC4=CCNC(=C4)Nc4ccc5ccc(c(O)c5c4)CC(O)CNCC(C)c4c[nH]c(c4)C45CCCCC4C#CCCCCC(C(C3)CC1C(=O)C(O)C(=O)CC2)C5O. The number of carbonyl (C=O) groups is 2. The van der Waals surface area contributed by atoms with Gasteiger partial charge in [0, 0.05) is 79.6 Å². The number of ketones is 2. The number of hydrogen-bond donors (Lipinski definition) is 9. The number of aromatic nitrogens is 1. The van der Waals surface area contributed by atoms with Crippen LogP contribution in [0, 0.1) is 65.1 Å². The summed E-state index contributed by atoms with van der Waals surface area (Å²) in [5.74, 6) is 13.1. The third kappa shape index (κ3) is 13.0. The molecule has 4 aromatic carbocycles. The molecule has 2 fully saturated rings. The van der Waals surface area contributed by atoms with E-state index in [-0.39, 0.29) is 66.1 Å². The standard InChI is InChI=1S/C73H88N4O8/c1-44(2)18-19-48-13-9-10-16-58(48)60-26-23-50-32-47-31-46-28-30-75-68(34-46)77-56-25-22-49-20-21-52(69(81)63(49)39-56)35-57(78)43-74-41-45(3)54-38-67(76-42-54)73-29-12-11-15-55(73)14-7-5-6-8-17-59(72(73)84)53(33-47)36-62(50)70(82)71(83)64(79)27-24-51-37-66(85-4)65(80)40-61(51)60/h9-10,13,16,20-22,25,28,34,37-40,42,44-45,47,50,53,55,57,59-60,62,71-72,74-78,80-81,83-84H,5-6,8,11-12,15,17-19,24,27,29-33,35-36,41,43H2,1-4H3. The smallest absolute Gasteiger partial charge is 0.173 e. The number of aliphatic hydroxyl groups excluding tert-OH is 3. The number of aryl methyl sites for hydroxylation is 2. The van der Waals surface area contributed by atoms with Crippen molar-refractivity contribution in [2.24, 2.45) is 41.4 Å². The summed E-state index contributed by atoms with van der Waals surface area (Å²) in [5.41, 5.74) is 7.61. The number of carbonyl (C=O) groups excluding carboxylic acids is 2. The molecule has 11 rings (SSSR count). The van der Waals surface area contributed by atoms with Crippen LogP contribution in [-0.4, -0.2) is 87.1 Å². The third-order valence-electron chi connectivity index (χ3n) is 20.2. The van der Waals surface area contributed by atoms with Crippen LogP contribution in [0.2, 0.25) is 0 Å². The van der Waals surface area contributed by atoms with Crippen LogP contribution in [0.15, 0.2) is 103 Å². The van der Waals surface area contributed by atoms with Crippen molar-refractivity contribution in [1.82, 2.24) is 15.6 Å². The molecule has 12 heteroatoms. The van der Waals surface area contributed by atoms with Crippen molar-refractivity contribution in [2.45, 2.75) is 165 Å². The van der Waals surface area contributed by atoms with Crippen molar-refractivity contribution >= 4 is 28.0 Å². The number of Topliss-reactive ketones (excluding diaryl/α,β-unsaturated/α-hetero) is 2. The normalized spacial score (nSPS) is 29.5. The number of H-pyrrole nitrogens is 1. The Hall–Kier alpha value is -6.80. The molecule has 1 spiro atoms. The van der Waals surface area contributed by atoms with E-state index >= 15 is 4.79 Å². The maximum Gasteiger partial charge on any atom is 0.173 e. The Labute approximate surface area is 502 Å². The Morgan fingerprint density at radius 3 is 2.52 bits per heavy atom. The first kappa shape index (κ1) is 59.9. The van der Waals surface area contributed by atoms with E-state index in [0.717, 1.165) is 120 Å². The van der Waals surface area contributed by atoms with E-state index in [1.807, 2.05) is 36.4 Å². The second-order valence-electron chi connectivity index (χ2n) is 26.2. The summed E-state index contributed by atoms with van der Waals surface area (Å²) in [6, 6.07) is 24.0. The molecule has 0 amide bonds. The quantitative estimate of drug-likeness (QED) is 0.0600. The van der Waals surface area contributed by atoms with Crippen LogP contribution in [0.25, 0.3) is 10.8 Å². The number of aliphatic hydroxyl groups is 3. The summed E-state index contributed by atoms with van der Waals surface area (Å²) < 4.78 is 5.65. The van der Waals surface area contributed by atoms with Gasteiger partial charge >= 0.3 is 0 Å². The fraction of sp³-hybridized carbons (Fsp3) is 0.507. The van der Waals surface area contributed by atoms with E-state index in [2.05, 4.69) is 108 Å². The van der Waals surface area contributed by atoms with Crippen molar-refractivity contribution < 1.29 is 39.9 Å². The average Bonchev–Trinajstić information content (AvgIpc) is 2.19. The Kier molecular flexibility index (Phi) is 18.6. The van der Waals surface area contributed by atoms with Gasteiger partial charge in [-0.15, -0.1) is 5.92 Å². The maximum absolute atomic E-state index is 15.6. The maximum atomic E-state index is 15.6. The third-order valence-corrected chi connectivity index (χ3v) is 20.2. The first-order valence-corrected chi connectivity index (χ1v) is 31.8. The van der Waals surface area contributed by atoms with Gasteiger partial charge in [0.15, 0.2) is 29.2 Å². The van der Waals surface area contributed by atoms with E-state index < -0.39 is 53.0 Å². The molecule has 3 heterocycles. The first-order valence-electron chi connectivity index (χ1n) is 31.8. The minimum Gasteiger partial charge on any atom is -0.507 e. The monoisotopic (exact) mass is 1150 g/mol. The highest BCUT2D eigenvalue weighted by molar-refractivity contribution is 6.06. The molecular formula is C73H88N4O8. The number of phenolic OH excluding ortho intramolecular Hbond substituents is 2. The number of aromatic hydroxyl groups is 2. The van der Waals surface area contributed by atoms with Gasteiger partial charge in [0.1, 0.15) is 11.6 Å². The Morgan fingerprint density at radius 1 is 0.835 bits per heavy atom. The lowest BCUT2D eigenvalue weighted by Crippen LogP contribution is -2.53. The van der Waals surface area contributed by atoms with Crippen LogP contribution in [0.1, 0.15) is 162 Å². The summed E-state index contributed by atoms with van der Waals surface area (Å²) in [4.78, 5) is 33.9. The Morgan fingerprint density at radius 2 is 1.67 bits per heavy atom. The number of anilines is 1. The van der Waals surface area contributed by atoms with Crippen LogP contribution in [-0.2, 0) is 34.3 Å². The van der Waals surface area contributed by atoms with Crippen molar-refractivity contribution in [3.8, 4) is 40.9 Å². The van der Waals surface area contributed by atoms with Gasteiger partial charge in [-0.2, -0.15) is 0 Å². The number of fused-ring (bicyclic) bond motifs is 11. The predicted octanol–water partition coefficient (Wildman–Crippen LogP) is 11.6. The minimum absolute atomic E-state index is 0.0299. The average molecular weight is 1150 g/mol. The van der Waals surface area contributed by atoms with Gasteiger partial charge in [-0.05, 0) is 181 Å². The summed E-state index contributed by atoms with van der Waals surface area (Å²) in [6.07, 6.45) is 14.2. The van der Waals surface area contributed by atoms with Crippen molar-refractivity contribution in [3.63, 3.8) is 0 Å². The fourth-order valence-electron chi connectivity index (χ4n) is 15.5. The zero-order valence-corrected chi connectivity index (χ0v) is 50.2. The molecule has 12 nitrogen and oxygen atoms in total.